The summed E-state index contributed by atoms with van der Waals surface area (Å²) in [5, 5.41) is 0. The topological polar surface area (TPSA) is 40.6 Å². The zero-order chi connectivity index (χ0) is 20.9. The Morgan fingerprint density at radius 2 is 1.37 bits per heavy atom. The van der Waals surface area contributed by atoms with Crippen LogP contribution in [0.4, 0.5) is 0 Å². The molecule has 0 aliphatic carbocycles. The van der Waals surface area contributed by atoms with Gasteiger partial charge in [0.05, 0.1) is 0 Å². The van der Waals surface area contributed by atoms with E-state index in [9.17, 15) is 9.59 Å². The third-order valence-electron chi connectivity index (χ3n) is 6.83. The van der Waals surface area contributed by atoms with Crippen LogP contribution in [0, 0.1) is 5.92 Å². The first-order valence-electron chi connectivity index (χ1n) is 11.3. The molecule has 0 saturated carbocycles. The van der Waals surface area contributed by atoms with Crippen molar-refractivity contribution in [1.29, 1.82) is 0 Å². The van der Waals surface area contributed by atoms with Gasteiger partial charge in [0.25, 0.3) is 0 Å². The van der Waals surface area contributed by atoms with Crippen molar-refractivity contribution in [3.05, 3.63) is 71.8 Å². The number of carbonyl (C=O) groups excluding carboxylic acids is 2. The lowest BCUT2D eigenvalue weighted by Crippen LogP contribution is -2.54. The van der Waals surface area contributed by atoms with Gasteiger partial charge in [0.15, 0.2) is 0 Å². The molecule has 2 heterocycles. The van der Waals surface area contributed by atoms with Gasteiger partial charge in [-0.05, 0) is 49.1 Å². The molecule has 4 rings (SSSR count). The monoisotopic (exact) mass is 404 g/mol. The minimum absolute atomic E-state index is 0.0242. The molecule has 2 amide bonds. The van der Waals surface area contributed by atoms with Crippen LogP contribution in [0.1, 0.15) is 56.1 Å². The van der Waals surface area contributed by atoms with Crippen LogP contribution in [-0.4, -0.2) is 47.3 Å². The summed E-state index contributed by atoms with van der Waals surface area (Å²) < 4.78 is 0. The number of amides is 2. The number of likely N-dealkylation sites (tertiary alicyclic amines) is 2. The minimum Gasteiger partial charge on any atom is -0.341 e. The fourth-order valence-corrected chi connectivity index (χ4v) is 5.29. The Balaban J connectivity index is 1.47. The maximum atomic E-state index is 13.2. The molecule has 30 heavy (non-hydrogen) atoms. The first kappa shape index (κ1) is 20.6. The van der Waals surface area contributed by atoms with E-state index in [0.29, 0.717) is 18.4 Å². The van der Waals surface area contributed by atoms with Crippen LogP contribution in [0.5, 0.6) is 0 Å². The molecular formula is C26H32N2O2. The van der Waals surface area contributed by atoms with Crippen molar-refractivity contribution in [2.45, 2.75) is 51.0 Å². The van der Waals surface area contributed by atoms with E-state index in [0.717, 1.165) is 45.2 Å². The summed E-state index contributed by atoms with van der Waals surface area (Å²) in [5.41, 5.74) is 2.70. The molecule has 4 nitrogen and oxygen atoms in total. The Labute approximate surface area is 179 Å². The quantitative estimate of drug-likeness (QED) is 0.755. The summed E-state index contributed by atoms with van der Waals surface area (Å²) in [5.74, 6) is 1.04. The summed E-state index contributed by atoms with van der Waals surface area (Å²) >= 11 is 0. The van der Waals surface area contributed by atoms with Crippen LogP contribution < -0.4 is 0 Å². The third kappa shape index (κ3) is 4.43. The summed E-state index contributed by atoms with van der Waals surface area (Å²) in [7, 11) is 0. The normalized spacial score (nSPS) is 20.4. The summed E-state index contributed by atoms with van der Waals surface area (Å²) in [6, 6.07) is 21.2. The molecular weight excluding hydrogens is 372 g/mol. The average molecular weight is 405 g/mol. The lowest BCUT2D eigenvalue weighted by Gasteiger charge is -2.41. The molecule has 2 aromatic carbocycles. The van der Waals surface area contributed by atoms with Crippen molar-refractivity contribution >= 4 is 11.8 Å². The number of nitrogens with zero attached hydrogens (tertiary/aromatic N) is 2. The van der Waals surface area contributed by atoms with Crippen LogP contribution in [0.25, 0.3) is 0 Å². The van der Waals surface area contributed by atoms with E-state index >= 15 is 0 Å². The molecule has 0 unspecified atom stereocenters. The molecule has 2 aliphatic rings. The third-order valence-corrected chi connectivity index (χ3v) is 6.83. The zero-order valence-corrected chi connectivity index (χ0v) is 17.9. The lowest BCUT2D eigenvalue weighted by molar-refractivity contribution is -0.147. The predicted octanol–water partition coefficient (Wildman–Crippen LogP) is 4.46. The molecule has 0 aromatic heterocycles. The molecule has 1 atom stereocenters. The van der Waals surface area contributed by atoms with Crippen LogP contribution in [0.15, 0.2) is 60.7 Å². The molecule has 0 radical (unpaired) electrons. The second kappa shape index (κ2) is 9.46. The van der Waals surface area contributed by atoms with Gasteiger partial charge < -0.3 is 9.80 Å². The number of carbonyl (C=O) groups is 2. The molecule has 2 aromatic rings. The van der Waals surface area contributed by atoms with Crippen LogP contribution in [-0.2, 0) is 9.59 Å². The number of piperidine rings is 2. The molecule has 2 saturated heterocycles. The second-order valence-electron chi connectivity index (χ2n) is 8.69. The Hall–Kier alpha value is -2.62. The van der Waals surface area contributed by atoms with E-state index in [1.807, 2.05) is 4.90 Å². The van der Waals surface area contributed by atoms with E-state index in [1.165, 1.54) is 11.1 Å². The second-order valence-corrected chi connectivity index (χ2v) is 8.69. The van der Waals surface area contributed by atoms with Crippen molar-refractivity contribution in [3.63, 3.8) is 0 Å². The van der Waals surface area contributed by atoms with Gasteiger partial charge in [-0.15, -0.1) is 0 Å². The predicted molar refractivity (Wildman–Crippen MR) is 119 cm³/mol. The van der Waals surface area contributed by atoms with Crippen molar-refractivity contribution in [1.82, 2.24) is 9.80 Å². The first-order valence-corrected chi connectivity index (χ1v) is 11.3. The van der Waals surface area contributed by atoms with Gasteiger partial charge in [0, 0.05) is 32.5 Å². The van der Waals surface area contributed by atoms with Gasteiger partial charge in [0.1, 0.15) is 6.04 Å². The molecule has 158 valence electrons. The smallest absolute Gasteiger partial charge is 0.245 e. The summed E-state index contributed by atoms with van der Waals surface area (Å²) in [6.07, 6.45) is 4.82. The van der Waals surface area contributed by atoms with Gasteiger partial charge in [0.2, 0.25) is 11.8 Å². The molecule has 2 aliphatic heterocycles. The number of benzene rings is 2. The summed E-state index contributed by atoms with van der Waals surface area (Å²) in [4.78, 5) is 29.0. The minimum atomic E-state index is -0.258. The summed E-state index contributed by atoms with van der Waals surface area (Å²) in [6.45, 7) is 3.86. The van der Waals surface area contributed by atoms with E-state index in [4.69, 9.17) is 0 Å². The highest BCUT2D eigenvalue weighted by molar-refractivity contribution is 5.87. The van der Waals surface area contributed by atoms with E-state index in [1.54, 1.807) is 11.8 Å². The maximum absolute atomic E-state index is 13.2. The zero-order valence-electron chi connectivity index (χ0n) is 17.9. The van der Waals surface area contributed by atoms with E-state index in [-0.39, 0.29) is 17.9 Å². The molecule has 0 N–H and O–H groups in total. The first-order chi connectivity index (χ1) is 14.6. The fraction of sp³-hybridized carbons (Fsp3) is 0.462. The van der Waals surface area contributed by atoms with Crippen LogP contribution >= 0.6 is 0 Å². The Kier molecular flexibility index (Phi) is 6.51. The van der Waals surface area contributed by atoms with Crippen molar-refractivity contribution < 1.29 is 9.59 Å². The van der Waals surface area contributed by atoms with Gasteiger partial charge in [-0.2, -0.15) is 0 Å². The average Bonchev–Trinajstić information content (AvgIpc) is 2.81. The Morgan fingerprint density at radius 1 is 0.800 bits per heavy atom. The van der Waals surface area contributed by atoms with Crippen molar-refractivity contribution in [2.75, 3.05) is 19.6 Å². The van der Waals surface area contributed by atoms with Gasteiger partial charge in [-0.3, -0.25) is 9.59 Å². The van der Waals surface area contributed by atoms with Gasteiger partial charge >= 0.3 is 0 Å². The van der Waals surface area contributed by atoms with E-state index in [2.05, 4.69) is 60.7 Å². The molecule has 0 spiro atoms. The number of hydrogen-bond donors (Lipinski definition) is 0. The van der Waals surface area contributed by atoms with E-state index < -0.39 is 0 Å². The number of rotatable bonds is 4. The van der Waals surface area contributed by atoms with Crippen LogP contribution in [0.3, 0.4) is 0 Å². The fourth-order valence-electron chi connectivity index (χ4n) is 5.29. The SMILES string of the molecule is CC(=O)N1CCCC[C@H]1C(=O)N1CCC(C(c2ccccc2)c2ccccc2)CC1. The van der Waals surface area contributed by atoms with Gasteiger partial charge in [-0.25, -0.2) is 0 Å². The Morgan fingerprint density at radius 3 is 1.90 bits per heavy atom. The largest absolute Gasteiger partial charge is 0.341 e. The highest BCUT2D eigenvalue weighted by atomic mass is 16.2. The highest BCUT2D eigenvalue weighted by Crippen LogP contribution is 2.38. The standard InChI is InChI=1S/C26H32N2O2/c1-20(29)28-17-9-8-14-24(28)26(30)27-18-15-23(16-19-27)25(21-10-4-2-5-11-21)22-12-6-3-7-13-22/h2-7,10-13,23-25H,8-9,14-19H2,1H3/t24-/m0/s1. The molecule has 2 fully saturated rings. The van der Waals surface area contributed by atoms with Crippen molar-refractivity contribution in [3.8, 4) is 0 Å². The van der Waals surface area contributed by atoms with Crippen LogP contribution in [0.2, 0.25) is 0 Å². The maximum Gasteiger partial charge on any atom is 0.245 e. The highest BCUT2D eigenvalue weighted by Gasteiger charge is 2.36. The molecule has 0 bridgehead atoms. The van der Waals surface area contributed by atoms with Crippen molar-refractivity contribution in [2.24, 2.45) is 5.92 Å². The molecule has 4 heteroatoms. The lowest BCUT2D eigenvalue weighted by atomic mass is 9.76. The van der Waals surface area contributed by atoms with Gasteiger partial charge in [-0.1, -0.05) is 60.7 Å². The number of hydrogen-bond acceptors (Lipinski definition) is 2. The Bertz CT molecular complexity index is 804.